The van der Waals surface area contributed by atoms with Gasteiger partial charge in [-0.25, -0.2) is 0 Å². The molecule has 0 aromatic heterocycles. The van der Waals surface area contributed by atoms with Crippen LogP contribution in [0, 0.1) is 5.41 Å². The number of benzene rings is 1. The first-order chi connectivity index (χ1) is 10.0. The lowest BCUT2D eigenvalue weighted by molar-refractivity contribution is 0.260. The van der Waals surface area contributed by atoms with Gasteiger partial charge < -0.3 is 10.2 Å². The highest BCUT2D eigenvalue weighted by atomic mass is 15.2. The van der Waals surface area contributed by atoms with Crippen LogP contribution >= 0.6 is 0 Å². The molecule has 1 aliphatic rings. The van der Waals surface area contributed by atoms with Gasteiger partial charge in [0.15, 0.2) is 0 Å². The maximum atomic E-state index is 3.74. The van der Waals surface area contributed by atoms with Crippen molar-refractivity contribution in [3.05, 3.63) is 35.4 Å². The Bertz CT molecular complexity index is 422. The lowest BCUT2D eigenvalue weighted by atomic mass is 9.93. The molecule has 2 heteroatoms. The van der Waals surface area contributed by atoms with Crippen LogP contribution in [0.5, 0.6) is 0 Å². The predicted molar refractivity (Wildman–Crippen MR) is 91.7 cm³/mol. The van der Waals surface area contributed by atoms with Gasteiger partial charge in [0.25, 0.3) is 0 Å². The first kappa shape index (κ1) is 16.5. The molecule has 0 saturated carbocycles. The lowest BCUT2D eigenvalue weighted by Gasteiger charge is -2.26. The van der Waals surface area contributed by atoms with E-state index in [1.807, 2.05) is 0 Å². The van der Waals surface area contributed by atoms with E-state index in [1.54, 1.807) is 0 Å². The number of rotatable bonds is 7. The Kier molecular flexibility index (Phi) is 5.83. The molecular weight excluding hydrogens is 256 g/mol. The Morgan fingerprint density at radius 1 is 1.19 bits per heavy atom. The lowest BCUT2D eigenvalue weighted by Crippen LogP contribution is -2.35. The normalized spacial score (nSPS) is 19.8. The molecule has 2 rings (SSSR count). The molecule has 0 aliphatic carbocycles. The van der Waals surface area contributed by atoms with Crippen LogP contribution in [0.15, 0.2) is 24.3 Å². The van der Waals surface area contributed by atoms with Crippen LogP contribution in [0.1, 0.15) is 57.7 Å². The molecule has 0 spiro atoms. The van der Waals surface area contributed by atoms with E-state index in [4.69, 9.17) is 0 Å². The second-order valence-corrected chi connectivity index (χ2v) is 7.25. The minimum atomic E-state index is 0.463. The fourth-order valence-electron chi connectivity index (χ4n) is 3.23. The summed E-state index contributed by atoms with van der Waals surface area (Å²) in [5.41, 5.74) is 3.35. The van der Waals surface area contributed by atoms with Crippen molar-refractivity contribution >= 4 is 0 Å². The minimum Gasteiger partial charge on any atom is -0.309 e. The van der Waals surface area contributed by atoms with Gasteiger partial charge in [0.2, 0.25) is 0 Å². The van der Waals surface area contributed by atoms with Crippen molar-refractivity contribution in [2.24, 2.45) is 5.41 Å². The Balaban J connectivity index is 2.03. The third-order valence-corrected chi connectivity index (χ3v) is 4.63. The topological polar surface area (TPSA) is 15.3 Å². The van der Waals surface area contributed by atoms with Crippen LogP contribution in [0.3, 0.4) is 0 Å². The van der Waals surface area contributed by atoms with E-state index in [2.05, 4.69) is 62.2 Å². The summed E-state index contributed by atoms with van der Waals surface area (Å²) in [4.78, 5) is 2.63. The number of aryl methyl sites for hydroxylation is 1. The van der Waals surface area contributed by atoms with E-state index >= 15 is 0 Å². The van der Waals surface area contributed by atoms with Crippen LogP contribution < -0.4 is 5.32 Å². The fraction of sp³-hybridized carbons (Fsp3) is 0.684. The molecule has 0 bridgehead atoms. The highest BCUT2D eigenvalue weighted by Gasteiger charge is 2.30. The summed E-state index contributed by atoms with van der Waals surface area (Å²) in [5.74, 6) is 0. The van der Waals surface area contributed by atoms with Gasteiger partial charge in [-0.3, -0.25) is 0 Å². The molecule has 1 aromatic rings. The van der Waals surface area contributed by atoms with Gasteiger partial charge in [-0.1, -0.05) is 52.0 Å². The molecule has 1 heterocycles. The van der Waals surface area contributed by atoms with Gasteiger partial charge in [-0.05, 0) is 48.9 Å². The molecule has 1 aliphatic heterocycles. The second kappa shape index (κ2) is 7.42. The minimum absolute atomic E-state index is 0.463. The van der Waals surface area contributed by atoms with Gasteiger partial charge in [-0.2, -0.15) is 0 Å². The van der Waals surface area contributed by atoms with E-state index in [0.29, 0.717) is 11.5 Å². The molecular formula is C19H32N2. The Hall–Kier alpha value is -0.860. The molecule has 1 aromatic carbocycles. The Labute approximate surface area is 130 Å². The van der Waals surface area contributed by atoms with Crippen molar-refractivity contribution in [3.63, 3.8) is 0 Å². The maximum Gasteiger partial charge on any atom is 0.0449 e. The first-order valence-electron chi connectivity index (χ1n) is 8.58. The number of nitrogens with one attached hydrogen (secondary N) is 1. The van der Waals surface area contributed by atoms with Crippen molar-refractivity contribution in [2.45, 2.75) is 53.0 Å². The SMILES string of the molecule is CCCNC(CN1CCC(C)(C)C1)c1ccc(CC)cc1. The summed E-state index contributed by atoms with van der Waals surface area (Å²) >= 11 is 0. The zero-order chi connectivity index (χ0) is 15.3. The summed E-state index contributed by atoms with van der Waals surface area (Å²) in [6, 6.07) is 9.65. The third kappa shape index (κ3) is 4.82. The summed E-state index contributed by atoms with van der Waals surface area (Å²) < 4.78 is 0. The highest BCUT2D eigenvalue weighted by molar-refractivity contribution is 5.25. The smallest absolute Gasteiger partial charge is 0.0449 e. The van der Waals surface area contributed by atoms with E-state index in [0.717, 1.165) is 19.5 Å². The monoisotopic (exact) mass is 288 g/mol. The molecule has 2 nitrogen and oxygen atoms in total. The van der Waals surface area contributed by atoms with E-state index < -0.39 is 0 Å². The average molecular weight is 288 g/mol. The van der Waals surface area contributed by atoms with Gasteiger partial charge in [0, 0.05) is 19.1 Å². The standard InChI is InChI=1S/C19H32N2/c1-5-12-20-18(14-21-13-11-19(3,4)15-21)17-9-7-16(6-2)8-10-17/h7-10,18,20H,5-6,11-15H2,1-4H3. The molecule has 1 fully saturated rings. The van der Waals surface area contributed by atoms with E-state index in [9.17, 15) is 0 Å². The molecule has 118 valence electrons. The molecule has 0 radical (unpaired) electrons. The zero-order valence-corrected chi connectivity index (χ0v) is 14.3. The van der Waals surface area contributed by atoms with Gasteiger partial charge in [-0.15, -0.1) is 0 Å². The second-order valence-electron chi connectivity index (χ2n) is 7.25. The van der Waals surface area contributed by atoms with Crippen LogP contribution in [-0.2, 0) is 6.42 Å². The average Bonchev–Trinajstić information content (AvgIpc) is 2.82. The molecule has 21 heavy (non-hydrogen) atoms. The highest BCUT2D eigenvalue weighted by Crippen LogP contribution is 2.30. The molecule has 1 saturated heterocycles. The van der Waals surface area contributed by atoms with Crippen molar-refractivity contribution in [1.82, 2.24) is 10.2 Å². The molecule has 0 amide bonds. The Morgan fingerprint density at radius 3 is 2.43 bits per heavy atom. The van der Waals surface area contributed by atoms with Gasteiger partial charge >= 0.3 is 0 Å². The summed E-state index contributed by atoms with van der Waals surface area (Å²) in [6.07, 6.45) is 3.63. The van der Waals surface area contributed by atoms with E-state index in [1.165, 1.54) is 37.1 Å². The molecule has 1 unspecified atom stereocenters. The number of nitrogens with zero attached hydrogens (tertiary/aromatic N) is 1. The molecule has 1 atom stereocenters. The van der Waals surface area contributed by atoms with Crippen LogP contribution in [0.4, 0.5) is 0 Å². The zero-order valence-electron chi connectivity index (χ0n) is 14.3. The van der Waals surface area contributed by atoms with Crippen molar-refractivity contribution in [3.8, 4) is 0 Å². The maximum absolute atomic E-state index is 3.74. The third-order valence-electron chi connectivity index (χ3n) is 4.63. The van der Waals surface area contributed by atoms with Crippen molar-refractivity contribution in [2.75, 3.05) is 26.2 Å². The number of likely N-dealkylation sites (tertiary alicyclic amines) is 1. The van der Waals surface area contributed by atoms with Crippen molar-refractivity contribution < 1.29 is 0 Å². The largest absolute Gasteiger partial charge is 0.309 e. The van der Waals surface area contributed by atoms with E-state index in [-0.39, 0.29) is 0 Å². The van der Waals surface area contributed by atoms with Crippen LogP contribution in [0.2, 0.25) is 0 Å². The van der Waals surface area contributed by atoms with Crippen LogP contribution in [0.25, 0.3) is 0 Å². The Morgan fingerprint density at radius 2 is 1.90 bits per heavy atom. The van der Waals surface area contributed by atoms with Gasteiger partial charge in [0.05, 0.1) is 0 Å². The number of hydrogen-bond acceptors (Lipinski definition) is 2. The number of hydrogen-bond donors (Lipinski definition) is 1. The fourth-order valence-corrected chi connectivity index (χ4v) is 3.23. The van der Waals surface area contributed by atoms with Crippen molar-refractivity contribution in [1.29, 1.82) is 0 Å². The van der Waals surface area contributed by atoms with Gasteiger partial charge in [0.1, 0.15) is 0 Å². The predicted octanol–water partition coefficient (Wildman–Crippen LogP) is 4.02. The first-order valence-corrected chi connectivity index (χ1v) is 8.58. The molecule has 1 N–H and O–H groups in total. The summed E-state index contributed by atoms with van der Waals surface area (Å²) in [6.45, 7) is 13.9. The van der Waals surface area contributed by atoms with Crippen LogP contribution in [-0.4, -0.2) is 31.1 Å². The summed E-state index contributed by atoms with van der Waals surface area (Å²) in [5, 5.41) is 3.74. The summed E-state index contributed by atoms with van der Waals surface area (Å²) in [7, 11) is 0. The quantitative estimate of drug-likeness (QED) is 0.815.